The summed E-state index contributed by atoms with van der Waals surface area (Å²) in [4.78, 5) is 54.8. The van der Waals surface area contributed by atoms with Crippen LogP contribution in [-0.4, -0.2) is 84.0 Å². The highest BCUT2D eigenvalue weighted by molar-refractivity contribution is 7.85. The second kappa shape index (κ2) is 8.51. The van der Waals surface area contributed by atoms with Crippen LogP contribution in [0.2, 0.25) is 0 Å². The lowest BCUT2D eigenvalue weighted by molar-refractivity contribution is 0.0604. The number of hydrogen-bond donors (Lipinski definition) is 0. The van der Waals surface area contributed by atoms with Crippen molar-refractivity contribution in [3.8, 4) is 0 Å². The molecule has 14 heteroatoms. The van der Waals surface area contributed by atoms with Crippen LogP contribution in [0.3, 0.4) is 0 Å². The molecule has 4 amide bonds. The topological polar surface area (TPSA) is 189 Å². The zero-order valence-corrected chi connectivity index (χ0v) is 22.9. The van der Waals surface area contributed by atoms with E-state index in [1.807, 2.05) is 0 Å². The lowest BCUT2D eigenvalue weighted by atomic mass is 9.82. The van der Waals surface area contributed by atoms with Gasteiger partial charge in [-0.15, -0.1) is 0 Å². The Balaban J connectivity index is 1.47. The number of carbonyl (C=O) groups excluding carboxylic acids is 4. The molecular formula is C28H16N2O10S2-2. The van der Waals surface area contributed by atoms with E-state index in [9.17, 15) is 45.1 Å². The van der Waals surface area contributed by atoms with E-state index in [4.69, 9.17) is 0 Å². The summed E-state index contributed by atoms with van der Waals surface area (Å²) in [6.07, 6.45) is 0. The van der Waals surface area contributed by atoms with Crippen molar-refractivity contribution in [2.75, 3.05) is 24.6 Å². The maximum Gasteiger partial charge on any atom is 0.261 e. The lowest BCUT2D eigenvalue weighted by Crippen LogP contribution is -2.43. The molecular weight excluding hydrogens is 588 g/mol. The fourth-order valence-electron chi connectivity index (χ4n) is 6.18. The van der Waals surface area contributed by atoms with Gasteiger partial charge in [-0.05, 0) is 56.6 Å². The summed E-state index contributed by atoms with van der Waals surface area (Å²) in [6, 6.07) is 12.7. The van der Waals surface area contributed by atoms with E-state index in [-0.39, 0.29) is 22.3 Å². The molecule has 2 heterocycles. The van der Waals surface area contributed by atoms with Crippen LogP contribution in [0, 0.1) is 0 Å². The first kappa shape index (κ1) is 26.4. The Hall–Kier alpha value is -4.50. The Morgan fingerprint density at radius 3 is 0.952 bits per heavy atom. The van der Waals surface area contributed by atoms with Crippen LogP contribution in [0.15, 0.2) is 48.5 Å². The fraction of sp³-hybridized carbons (Fsp3) is 0.143. The number of amides is 4. The van der Waals surface area contributed by atoms with Gasteiger partial charge in [-0.3, -0.25) is 29.0 Å². The summed E-state index contributed by atoms with van der Waals surface area (Å²) in [5, 5.41) is 4.48. The predicted octanol–water partition coefficient (Wildman–Crippen LogP) is 2.02. The molecule has 0 bridgehead atoms. The molecule has 5 aromatic carbocycles. The monoisotopic (exact) mass is 604 g/mol. The normalized spacial score (nSPS) is 15.8. The Morgan fingerprint density at radius 1 is 0.452 bits per heavy atom. The first-order valence-electron chi connectivity index (χ1n) is 12.6. The highest BCUT2D eigenvalue weighted by Gasteiger charge is 2.36. The molecule has 42 heavy (non-hydrogen) atoms. The number of hydrogen-bond acceptors (Lipinski definition) is 10. The second-order valence-corrected chi connectivity index (χ2v) is 13.2. The molecule has 0 saturated heterocycles. The molecule has 0 spiro atoms. The zero-order valence-electron chi connectivity index (χ0n) is 21.2. The molecule has 5 aromatic rings. The molecule has 0 radical (unpaired) electrons. The second-order valence-electron chi connectivity index (χ2n) is 10.2. The molecule has 0 aliphatic carbocycles. The van der Waals surface area contributed by atoms with E-state index >= 15 is 0 Å². The number of imide groups is 2. The molecule has 0 N–H and O–H groups in total. The maximum atomic E-state index is 13.3. The fourth-order valence-corrected chi connectivity index (χ4v) is 6.99. The van der Waals surface area contributed by atoms with E-state index in [0.29, 0.717) is 43.1 Å². The van der Waals surface area contributed by atoms with Crippen LogP contribution in [0.5, 0.6) is 0 Å². The Kier molecular flexibility index (Phi) is 5.35. The van der Waals surface area contributed by atoms with Crippen molar-refractivity contribution in [3.63, 3.8) is 0 Å². The third-order valence-electron chi connectivity index (χ3n) is 7.93. The zero-order chi connectivity index (χ0) is 29.9. The first-order valence-corrected chi connectivity index (χ1v) is 15.7. The van der Waals surface area contributed by atoms with Crippen molar-refractivity contribution < 1.29 is 45.1 Å². The number of rotatable bonds is 6. The summed E-state index contributed by atoms with van der Waals surface area (Å²) in [7, 11) is -9.35. The van der Waals surface area contributed by atoms with Gasteiger partial charge >= 0.3 is 0 Å². The van der Waals surface area contributed by atoms with Gasteiger partial charge in [0, 0.05) is 46.1 Å². The molecule has 7 rings (SSSR count). The summed E-state index contributed by atoms with van der Waals surface area (Å²) in [5.74, 6) is -4.75. The summed E-state index contributed by atoms with van der Waals surface area (Å²) < 4.78 is 67.1. The highest BCUT2D eigenvalue weighted by atomic mass is 32.2. The van der Waals surface area contributed by atoms with E-state index in [1.54, 1.807) is 24.3 Å². The quantitative estimate of drug-likeness (QED) is 0.120. The average molecular weight is 605 g/mol. The highest BCUT2D eigenvalue weighted by Crippen LogP contribution is 2.46. The van der Waals surface area contributed by atoms with Crippen LogP contribution in [0.1, 0.15) is 41.4 Å². The smallest absolute Gasteiger partial charge is 0.261 e. The largest absolute Gasteiger partial charge is 0.748 e. The van der Waals surface area contributed by atoms with Gasteiger partial charge in [0.2, 0.25) is 0 Å². The number of carbonyl (C=O) groups is 4. The van der Waals surface area contributed by atoms with E-state index < -0.39 is 68.5 Å². The third-order valence-corrected chi connectivity index (χ3v) is 9.30. The number of nitrogens with zero attached hydrogens (tertiary/aromatic N) is 2. The minimum absolute atomic E-state index is 0.164. The van der Waals surface area contributed by atoms with Gasteiger partial charge in [0.25, 0.3) is 23.6 Å². The van der Waals surface area contributed by atoms with Crippen LogP contribution in [0.4, 0.5) is 0 Å². The molecule has 212 valence electrons. The molecule has 0 atom stereocenters. The molecule has 2 aliphatic heterocycles. The average Bonchev–Trinajstić information content (AvgIpc) is 2.92. The van der Waals surface area contributed by atoms with Crippen molar-refractivity contribution in [1.82, 2.24) is 9.80 Å². The summed E-state index contributed by atoms with van der Waals surface area (Å²) in [5.41, 5.74) is 0.655. The van der Waals surface area contributed by atoms with Crippen LogP contribution < -0.4 is 0 Å². The van der Waals surface area contributed by atoms with Gasteiger partial charge in [-0.2, -0.15) is 0 Å². The van der Waals surface area contributed by atoms with Gasteiger partial charge in [-0.1, -0.05) is 24.3 Å². The van der Waals surface area contributed by atoms with Gasteiger partial charge in [-0.25, -0.2) is 16.8 Å². The number of benzene rings is 5. The van der Waals surface area contributed by atoms with Gasteiger partial charge in [0.1, 0.15) is 0 Å². The van der Waals surface area contributed by atoms with Crippen molar-refractivity contribution in [2.45, 2.75) is 0 Å². The van der Waals surface area contributed by atoms with Crippen LogP contribution >= 0.6 is 0 Å². The van der Waals surface area contributed by atoms with Crippen molar-refractivity contribution in [3.05, 3.63) is 70.8 Å². The molecule has 0 fully saturated rings. The summed E-state index contributed by atoms with van der Waals surface area (Å²) in [6.45, 7) is -1.16. The minimum atomic E-state index is -4.68. The van der Waals surface area contributed by atoms with E-state index in [1.165, 1.54) is 24.3 Å². The Bertz CT molecular complexity index is 2060. The SMILES string of the molecule is O=C1c2ccc3c4ccc5c6c(ccc(c7ccc(c2c37)C(=O)N1CCS(=O)(=O)[O-])c64)C(=O)N(CCS(=O)(=O)[O-])C5=O. The molecule has 0 unspecified atom stereocenters. The molecule has 0 saturated carbocycles. The predicted molar refractivity (Wildman–Crippen MR) is 148 cm³/mol. The molecule has 12 nitrogen and oxygen atoms in total. The standard InChI is InChI=1S/C28H18N2O10S2/c31-25-17-5-1-13-14-2-6-19-24-20(28(34)30(27(19)33)10-12-42(38,39)40)8-4-16(22(14)24)15-3-7-18(23(17)21(13)15)26(32)29(25)9-11-41(35,36)37/h1-8H,9-12H2,(H,35,36,37)(H,38,39,40)/p-2. The van der Waals surface area contributed by atoms with Crippen molar-refractivity contribution >= 4 is 87.0 Å². The number of fused-ring (bicyclic) bond motifs is 2. The Labute approximate surface area is 236 Å². The van der Waals surface area contributed by atoms with Gasteiger partial charge < -0.3 is 9.11 Å². The molecule has 0 aromatic heterocycles. The summed E-state index contributed by atoms with van der Waals surface area (Å²) >= 11 is 0. The van der Waals surface area contributed by atoms with E-state index in [2.05, 4.69) is 0 Å². The van der Waals surface area contributed by atoms with Crippen LogP contribution in [-0.2, 0) is 20.2 Å². The third kappa shape index (κ3) is 3.66. The Morgan fingerprint density at radius 2 is 0.714 bits per heavy atom. The van der Waals surface area contributed by atoms with Gasteiger partial charge in [0.15, 0.2) is 0 Å². The molecule has 2 aliphatic rings. The van der Waals surface area contributed by atoms with Crippen molar-refractivity contribution in [2.24, 2.45) is 0 Å². The van der Waals surface area contributed by atoms with E-state index in [0.717, 1.165) is 9.80 Å². The maximum absolute atomic E-state index is 13.3. The van der Waals surface area contributed by atoms with Crippen molar-refractivity contribution in [1.29, 1.82) is 0 Å². The first-order chi connectivity index (χ1) is 19.8. The lowest BCUT2D eigenvalue weighted by Gasteiger charge is -2.30. The minimum Gasteiger partial charge on any atom is -0.748 e. The van der Waals surface area contributed by atoms with Gasteiger partial charge in [0.05, 0.1) is 31.7 Å². The van der Waals surface area contributed by atoms with Crippen LogP contribution in [0.25, 0.3) is 43.1 Å².